The van der Waals surface area contributed by atoms with Crippen molar-refractivity contribution in [1.82, 2.24) is 0 Å². The van der Waals surface area contributed by atoms with Crippen LogP contribution in [0.5, 0.6) is 0 Å². The zero-order valence-corrected chi connectivity index (χ0v) is 8.39. The molecule has 0 amide bonds. The second-order valence-corrected chi connectivity index (χ2v) is 3.09. The highest BCUT2D eigenvalue weighted by Crippen LogP contribution is 2.06. The van der Waals surface area contributed by atoms with E-state index in [4.69, 9.17) is 9.47 Å². The Balaban J connectivity index is 3.47. The molecule has 0 N–H and O–H groups in total. The Morgan fingerprint density at radius 1 is 1.50 bits per heavy atom. The maximum Gasteiger partial charge on any atom is 0.166 e. The topological polar surface area (TPSA) is 35.5 Å². The molecule has 0 aromatic heterocycles. The van der Waals surface area contributed by atoms with Gasteiger partial charge in [0.05, 0.1) is 0 Å². The molecule has 0 unspecified atom stereocenters. The molecule has 0 heterocycles. The van der Waals surface area contributed by atoms with Gasteiger partial charge >= 0.3 is 0 Å². The largest absolute Gasteiger partial charge is 0.355 e. The Morgan fingerprint density at radius 2 is 2.08 bits per heavy atom. The first kappa shape index (κ1) is 11.7. The van der Waals surface area contributed by atoms with Crippen molar-refractivity contribution in [2.24, 2.45) is 0 Å². The van der Waals surface area contributed by atoms with E-state index in [-0.39, 0.29) is 12.1 Å². The summed E-state index contributed by atoms with van der Waals surface area (Å²) in [6.07, 6.45) is 1.32. The molecule has 0 saturated carbocycles. The fourth-order valence-corrected chi connectivity index (χ4v) is 1.34. The summed E-state index contributed by atoms with van der Waals surface area (Å²) in [7, 11) is 3.17. The predicted octanol–water partition coefficient (Wildman–Crippen LogP) is 1.44. The van der Waals surface area contributed by atoms with Crippen molar-refractivity contribution in [2.45, 2.75) is 13.2 Å². The molecule has 70 valence electrons. The van der Waals surface area contributed by atoms with Crippen molar-refractivity contribution >= 4 is 17.5 Å². The molecule has 0 aliphatic rings. The monoisotopic (exact) mass is 190 g/mol. The second kappa shape index (κ2) is 7.34. The molecule has 12 heavy (non-hydrogen) atoms. The molecule has 0 aliphatic heterocycles. The Hall–Kier alpha value is -0.320. The van der Waals surface area contributed by atoms with Crippen LogP contribution in [0.2, 0.25) is 0 Å². The summed E-state index contributed by atoms with van der Waals surface area (Å²) in [6.45, 7) is 1.52. The van der Waals surface area contributed by atoms with Crippen LogP contribution in [-0.2, 0) is 14.3 Å². The zero-order chi connectivity index (χ0) is 9.40. The molecule has 0 aliphatic carbocycles. The van der Waals surface area contributed by atoms with Gasteiger partial charge in [0.15, 0.2) is 12.1 Å². The van der Waals surface area contributed by atoms with E-state index >= 15 is 0 Å². The molecular formula is C8H14O3S. The van der Waals surface area contributed by atoms with Gasteiger partial charge in [-0.15, -0.1) is 11.8 Å². The van der Waals surface area contributed by atoms with Crippen molar-refractivity contribution in [3.63, 3.8) is 0 Å². The van der Waals surface area contributed by atoms with E-state index in [0.717, 1.165) is 0 Å². The van der Waals surface area contributed by atoms with E-state index in [0.29, 0.717) is 5.75 Å². The number of hydrogen-bond acceptors (Lipinski definition) is 4. The lowest BCUT2D eigenvalue weighted by Gasteiger charge is -2.10. The van der Waals surface area contributed by atoms with Gasteiger partial charge in [-0.05, 0) is 18.4 Å². The van der Waals surface area contributed by atoms with Crippen molar-refractivity contribution in [3.8, 4) is 0 Å². The molecule has 3 nitrogen and oxygen atoms in total. The number of ketones is 1. The molecule has 0 aromatic rings. The second-order valence-electron chi connectivity index (χ2n) is 2.15. The van der Waals surface area contributed by atoms with Crippen molar-refractivity contribution in [3.05, 3.63) is 11.5 Å². The Labute approximate surface area is 77.1 Å². The lowest BCUT2D eigenvalue weighted by atomic mass is 10.5. The van der Waals surface area contributed by atoms with Crippen molar-refractivity contribution < 1.29 is 14.3 Å². The maximum absolute atomic E-state index is 10.5. The quantitative estimate of drug-likeness (QED) is 0.469. The fourth-order valence-electron chi connectivity index (χ4n) is 0.510. The molecule has 0 aromatic carbocycles. The van der Waals surface area contributed by atoms with Crippen LogP contribution in [0.1, 0.15) is 6.92 Å². The van der Waals surface area contributed by atoms with Crippen LogP contribution in [0.4, 0.5) is 0 Å². The number of allylic oxidation sites excluding steroid dienone is 1. The first-order valence-corrected chi connectivity index (χ1v) is 4.60. The van der Waals surface area contributed by atoms with Gasteiger partial charge in [-0.25, -0.2) is 0 Å². The predicted molar refractivity (Wildman–Crippen MR) is 50.1 cm³/mol. The highest BCUT2D eigenvalue weighted by Gasteiger charge is 2.02. The van der Waals surface area contributed by atoms with E-state index in [1.54, 1.807) is 19.6 Å². The molecule has 0 atom stereocenters. The van der Waals surface area contributed by atoms with E-state index < -0.39 is 0 Å². The molecule has 0 saturated heterocycles. The van der Waals surface area contributed by atoms with Crippen LogP contribution in [-0.4, -0.2) is 32.0 Å². The molecule has 0 fully saturated rings. The van der Waals surface area contributed by atoms with Gasteiger partial charge in [0.2, 0.25) is 0 Å². The number of methoxy groups -OCH3 is 2. The summed E-state index contributed by atoms with van der Waals surface area (Å²) in [5, 5.41) is 1.74. The van der Waals surface area contributed by atoms with Crippen LogP contribution in [0.25, 0.3) is 0 Å². The Bertz CT molecular complexity index is 152. The SMILES string of the molecule is COC(CSC=CC(C)=O)OC. The lowest BCUT2D eigenvalue weighted by Crippen LogP contribution is -2.15. The number of rotatable bonds is 6. The summed E-state index contributed by atoms with van der Waals surface area (Å²) >= 11 is 1.49. The maximum atomic E-state index is 10.5. The van der Waals surface area contributed by atoms with E-state index in [2.05, 4.69) is 0 Å². The number of ether oxygens (including phenoxy) is 2. The average molecular weight is 190 g/mol. The van der Waals surface area contributed by atoms with Crippen molar-refractivity contribution in [2.75, 3.05) is 20.0 Å². The summed E-state index contributed by atoms with van der Waals surface area (Å²) < 4.78 is 9.89. The number of carbonyl (C=O) groups excluding carboxylic acids is 1. The fraction of sp³-hybridized carbons (Fsp3) is 0.625. The normalized spacial score (nSPS) is 11.3. The molecule has 0 radical (unpaired) electrons. The van der Waals surface area contributed by atoms with E-state index in [1.165, 1.54) is 24.8 Å². The van der Waals surface area contributed by atoms with Gasteiger partial charge in [0.1, 0.15) is 0 Å². The molecule has 0 bridgehead atoms. The minimum absolute atomic E-state index is 0.0499. The Kier molecular flexibility index (Phi) is 7.14. The lowest BCUT2D eigenvalue weighted by molar-refractivity contribution is -0.112. The van der Waals surface area contributed by atoms with E-state index in [9.17, 15) is 4.79 Å². The van der Waals surface area contributed by atoms with Crippen LogP contribution in [0.3, 0.4) is 0 Å². The van der Waals surface area contributed by atoms with Crippen LogP contribution in [0.15, 0.2) is 11.5 Å². The van der Waals surface area contributed by atoms with Gasteiger partial charge in [-0.3, -0.25) is 4.79 Å². The molecule has 4 heteroatoms. The van der Waals surface area contributed by atoms with Crippen LogP contribution < -0.4 is 0 Å². The summed E-state index contributed by atoms with van der Waals surface area (Å²) in [6, 6.07) is 0. The van der Waals surface area contributed by atoms with Gasteiger partial charge in [0, 0.05) is 20.0 Å². The molecule has 0 rings (SSSR count). The number of hydrogen-bond donors (Lipinski definition) is 0. The smallest absolute Gasteiger partial charge is 0.166 e. The number of thioether (sulfide) groups is 1. The first-order chi connectivity index (χ1) is 5.70. The van der Waals surface area contributed by atoms with Gasteiger partial charge in [-0.1, -0.05) is 0 Å². The molecular weight excluding hydrogens is 176 g/mol. The average Bonchev–Trinajstić information content (AvgIpc) is 2.04. The van der Waals surface area contributed by atoms with Gasteiger partial charge in [-0.2, -0.15) is 0 Å². The molecule has 0 spiro atoms. The third-order valence-corrected chi connectivity index (χ3v) is 1.95. The number of carbonyl (C=O) groups is 1. The van der Waals surface area contributed by atoms with Crippen molar-refractivity contribution in [1.29, 1.82) is 0 Å². The highest BCUT2D eigenvalue weighted by molar-refractivity contribution is 8.02. The van der Waals surface area contributed by atoms with Crippen LogP contribution >= 0.6 is 11.8 Å². The van der Waals surface area contributed by atoms with Gasteiger partial charge in [0.25, 0.3) is 0 Å². The third kappa shape index (κ3) is 6.39. The Morgan fingerprint density at radius 3 is 2.50 bits per heavy atom. The van der Waals surface area contributed by atoms with Gasteiger partial charge < -0.3 is 9.47 Å². The minimum Gasteiger partial charge on any atom is -0.355 e. The minimum atomic E-state index is -0.202. The third-order valence-electron chi connectivity index (χ3n) is 1.16. The highest BCUT2D eigenvalue weighted by atomic mass is 32.2. The first-order valence-electron chi connectivity index (χ1n) is 3.55. The van der Waals surface area contributed by atoms with Crippen LogP contribution in [0, 0.1) is 0 Å². The zero-order valence-electron chi connectivity index (χ0n) is 7.57. The standard InChI is InChI=1S/C8H14O3S/c1-7(9)4-5-12-6-8(10-2)11-3/h4-5,8H,6H2,1-3H3. The van der Waals surface area contributed by atoms with E-state index in [1.807, 2.05) is 0 Å². The summed E-state index contributed by atoms with van der Waals surface area (Å²) in [5.41, 5.74) is 0. The summed E-state index contributed by atoms with van der Waals surface area (Å²) in [5.74, 6) is 0.741. The summed E-state index contributed by atoms with van der Waals surface area (Å²) in [4.78, 5) is 10.5.